The van der Waals surface area contributed by atoms with Gasteiger partial charge in [-0.05, 0) is 31.5 Å². The summed E-state index contributed by atoms with van der Waals surface area (Å²) in [4.78, 5) is 25.0. The zero-order valence-corrected chi connectivity index (χ0v) is 19.1. The molecular weight excluding hydrogens is 464 g/mol. The van der Waals surface area contributed by atoms with Crippen LogP contribution in [-0.2, 0) is 26.1 Å². The molecule has 1 aromatic carbocycles. The van der Waals surface area contributed by atoms with Crippen LogP contribution in [0.15, 0.2) is 40.2 Å². The van der Waals surface area contributed by atoms with Gasteiger partial charge in [-0.25, -0.2) is 28.3 Å². The number of nitrogens with zero attached hydrogens (tertiary/aromatic N) is 3. The number of benzene rings is 1. The van der Waals surface area contributed by atoms with Crippen molar-refractivity contribution in [2.24, 2.45) is 10.1 Å². The molecule has 0 saturated carbocycles. The maximum atomic E-state index is 12.1. The van der Waals surface area contributed by atoms with Crippen LogP contribution in [0, 0.1) is 0 Å². The monoisotopic (exact) mass is 484 g/mol. The summed E-state index contributed by atoms with van der Waals surface area (Å²) in [5.74, 6) is 0.727. The lowest BCUT2D eigenvalue weighted by Gasteiger charge is -2.16. The molecule has 0 spiro atoms. The number of thioether (sulfide) groups is 1. The van der Waals surface area contributed by atoms with Crippen molar-refractivity contribution in [3.63, 3.8) is 0 Å². The van der Waals surface area contributed by atoms with Gasteiger partial charge in [0.25, 0.3) is 0 Å². The van der Waals surface area contributed by atoms with Crippen LogP contribution in [0.1, 0.15) is 19.4 Å². The van der Waals surface area contributed by atoms with E-state index in [1.807, 2.05) is 0 Å². The molecule has 3 rings (SSSR count). The highest BCUT2D eigenvalue weighted by molar-refractivity contribution is 8.14. The second-order valence-corrected chi connectivity index (χ2v) is 9.68. The average molecular weight is 485 g/mol. The number of anilines is 2. The molecule has 0 aliphatic carbocycles. The standard InChI is InChI=1S/C18H21ClN6O4S2/c1-3-29-15(26)18(2)10-30-17(25-18)24-16-22-13(19)8-14(23-16)21-9-11-4-6-12(7-5-11)31(20,27)28/h4-8H,3,9-10H2,1-2H3,(H2,20,27,28)(H2,21,22,23,24,25). The first-order valence-corrected chi connectivity index (χ1v) is 12.1. The topological polar surface area (TPSA) is 149 Å². The largest absolute Gasteiger partial charge is 0.464 e. The minimum absolute atomic E-state index is 0.0393. The van der Waals surface area contributed by atoms with Gasteiger partial charge in [0.15, 0.2) is 10.7 Å². The van der Waals surface area contributed by atoms with Crippen molar-refractivity contribution in [3.05, 3.63) is 41.0 Å². The number of rotatable bonds is 7. The number of esters is 1. The molecule has 0 bridgehead atoms. The molecule has 0 saturated heterocycles. The molecule has 0 amide bonds. The van der Waals surface area contributed by atoms with Gasteiger partial charge in [-0.1, -0.05) is 35.5 Å². The number of primary sulfonamides is 1. The van der Waals surface area contributed by atoms with Crippen molar-refractivity contribution in [3.8, 4) is 0 Å². The van der Waals surface area contributed by atoms with Crippen LogP contribution in [-0.4, -0.2) is 47.4 Å². The van der Waals surface area contributed by atoms with E-state index < -0.39 is 15.6 Å². The summed E-state index contributed by atoms with van der Waals surface area (Å²) in [6.45, 7) is 4.11. The van der Waals surface area contributed by atoms with E-state index in [0.29, 0.717) is 23.3 Å². The van der Waals surface area contributed by atoms with Crippen molar-refractivity contribution in [1.82, 2.24) is 9.97 Å². The molecule has 31 heavy (non-hydrogen) atoms. The van der Waals surface area contributed by atoms with Crippen LogP contribution >= 0.6 is 23.4 Å². The Balaban J connectivity index is 1.67. The third kappa shape index (κ3) is 6.06. The summed E-state index contributed by atoms with van der Waals surface area (Å²) in [7, 11) is -3.74. The number of aliphatic imine (C=N–C) groups is 1. The second-order valence-electron chi connectivity index (χ2n) is 6.77. The first-order valence-electron chi connectivity index (χ1n) is 9.16. The lowest BCUT2D eigenvalue weighted by molar-refractivity contribution is -0.147. The SMILES string of the molecule is CCOC(=O)C1(C)CSC(Nc2nc(Cl)cc(NCc3ccc(S(N)(=O)=O)cc3)n2)=N1. The number of carbonyl (C=O) groups excluding carboxylic acids is 1. The number of hydrogen-bond donors (Lipinski definition) is 3. The van der Waals surface area contributed by atoms with E-state index >= 15 is 0 Å². The molecular formula is C18H21ClN6O4S2. The average Bonchev–Trinajstić information content (AvgIpc) is 3.08. The number of hydrogen-bond acceptors (Lipinski definition) is 10. The van der Waals surface area contributed by atoms with Gasteiger partial charge in [-0.15, -0.1) is 0 Å². The van der Waals surface area contributed by atoms with E-state index in [0.717, 1.165) is 5.56 Å². The number of ether oxygens (including phenoxy) is 1. The van der Waals surface area contributed by atoms with Gasteiger partial charge < -0.3 is 15.4 Å². The molecule has 4 N–H and O–H groups in total. The third-order valence-electron chi connectivity index (χ3n) is 4.19. The van der Waals surface area contributed by atoms with Crippen LogP contribution < -0.4 is 15.8 Å². The molecule has 1 unspecified atom stereocenters. The summed E-state index contributed by atoms with van der Waals surface area (Å²) < 4.78 is 27.8. The molecule has 1 aliphatic heterocycles. The summed E-state index contributed by atoms with van der Waals surface area (Å²) in [6.07, 6.45) is 0. The number of nitrogens with two attached hydrogens (primary N) is 1. The van der Waals surface area contributed by atoms with Crippen LogP contribution in [0.25, 0.3) is 0 Å². The molecule has 1 aliphatic rings. The summed E-state index contributed by atoms with van der Waals surface area (Å²) >= 11 is 7.46. The summed E-state index contributed by atoms with van der Waals surface area (Å²) in [5, 5.41) is 11.9. The molecule has 166 valence electrons. The van der Waals surface area contributed by atoms with Crippen LogP contribution in [0.2, 0.25) is 5.15 Å². The minimum atomic E-state index is -3.74. The number of sulfonamides is 1. The highest BCUT2D eigenvalue weighted by atomic mass is 35.5. The van der Waals surface area contributed by atoms with Gasteiger partial charge in [-0.2, -0.15) is 4.98 Å². The fourth-order valence-electron chi connectivity index (χ4n) is 2.60. The number of aromatic nitrogens is 2. The molecule has 1 aromatic heterocycles. The van der Waals surface area contributed by atoms with Gasteiger partial charge in [0.1, 0.15) is 11.0 Å². The second kappa shape index (κ2) is 9.39. The minimum Gasteiger partial charge on any atom is -0.464 e. The number of carbonyl (C=O) groups is 1. The van der Waals surface area contributed by atoms with E-state index in [-0.39, 0.29) is 28.6 Å². The maximum Gasteiger partial charge on any atom is 0.334 e. The lowest BCUT2D eigenvalue weighted by Crippen LogP contribution is -2.35. The quantitative estimate of drug-likeness (QED) is 0.397. The maximum absolute atomic E-state index is 12.1. The van der Waals surface area contributed by atoms with E-state index in [4.69, 9.17) is 21.5 Å². The summed E-state index contributed by atoms with van der Waals surface area (Å²) in [6, 6.07) is 7.71. The van der Waals surface area contributed by atoms with Gasteiger partial charge in [0.2, 0.25) is 16.0 Å². The van der Waals surface area contributed by atoms with Crippen molar-refractivity contribution < 1.29 is 17.9 Å². The van der Waals surface area contributed by atoms with E-state index in [9.17, 15) is 13.2 Å². The Morgan fingerprint density at radius 3 is 2.68 bits per heavy atom. The van der Waals surface area contributed by atoms with Crippen molar-refractivity contribution >= 4 is 56.3 Å². The predicted octanol–water partition coefficient (Wildman–Crippen LogP) is 2.23. The van der Waals surface area contributed by atoms with Crippen molar-refractivity contribution in [2.75, 3.05) is 23.0 Å². The Bertz CT molecular complexity index is 1110. The zero-order chi connectivity index (χ0) is 22.6. The van der Waals surface area contributed by atoms with E-state index in [2.05, 4.69) is 25.6 Å². The van der Waals surface area contributed by atoms with E-state index in [1.54, 1.807) is 32.0 Å². The molecule has 0 fully saturated rings. The fourth-order valence-corrected chi connectivity index (χ4v) is 4.33. The van der Waals surface area contributed by atoms with Crippen molar-refractivity contribution in [1.29, 1.82) is 0 Å². The molecule has 1 atom stereocenters. The first-order chi connectivity index (χ1) is 14.6. The van der Waals surface area contributed by atoms with Crippen LogP contribution in [0.3, 0.4) is 0 Å². The van der Waals surface area contributed by atoms with Crippen molar-refractivity contribution in [2.45, 2.75) is 30.8 Å². The smallest absolute Gasteiger partial charge is 0.334 e. The Labute approximate surface area is 189 Å². The highest BCUT2D eigenvalue weighted by Crippen LogP contribution is 2.29. The van der Waals surface area contributed by atoms with E-state index in [1.165, 1.54) is 23.9 Å². The Kier molecular flexibility index (Phi) is 7.04. The first kappa shape index (κ1) is 23.3. The highest BCUT2D eigenvalue weighted by Gasteiger charge is 2.40. The van der Waals surface area contributed by atoms with Gasteiger partial charge in [-0.3, -0.25) is 0 Å². The third-order valence-corrected chi connectivity index (χ3v) is 6.49. The van der Waals surface area contributed by atoms with Crippen LogP contribution in [0.4, 0.5) is 11.8 Å². The summed E-state index contributed by atoms with van der Waals surface area (Å²) in [5.41, 5.74) is -0.149. The number of halogens is 1. The normalized spacial score (nSPS) is 18.4. The number of nitrogens with one attached hydrogen (secondary N) is 2. The molecule has 0 radical (unpaired) electrons. The predicted molar refractivity (Wildman–Crippen MR) is 121 cm³/mol. The van der Waals surface area contributed by atoms with Gasteiger partial charge >= 0.3 is 5.97 Å². The molecule has 10 nitrogen and oxygen atoms in total. The Morgan fingerprint density at radius 2 is 2.03 bits per heavy atom. The Morgan fingerprint density at radius 1 is 1.32 bits per heavy atom. The van der Waals surface area contributed by atoms with Gasteiger partial charge in [0, 0.05) is 18.4 Å². The number of amidine groups is 1. The zero-order valence-electron chi connectivity index (χ0n) is 16.8. The molecule has 2 heterocycles. The van der Waals surface area contributed by atoms with Crippen LogP contribution in [0.5, 0.6) is 0 Å². The molecule has 13 heteroatoms. The molecule has 2 aromatic rings. The fraction of sp³-hybridized carbons (Fsp3) is 0.333. The lowest BCUT2D eigenvalue weighted by atomic mass is 10.1. The Hall–Kier alpha value is -2.41. The van der Waals surface area contributed by atoms with Gasteiger partial charge in [0.05, 0.1) is 11.5 Å².